The average Bonchev–Trinajstić information content (AvgIpc) is 2.28. The third-order valence-electron chi connectivity index (χ3n) is 1.94. The van der Waals surface area contributed by atoms with Crippen LogP contribution in [0.25, 0.3) is 12.2 Å². The normalized spacial score (nSPS) is 8.13. The molecule has 70 valence electrons. The molecule has 0 aliphatic carbocycles. The van der Waals surface area contributed by atoms with Gasteiger partial charge in [-0.05, 0) is 23.8 Å². The summed E-state index contributed by atoms with van der Waals surface area (Å²) in [6.45, 7) is 7.06. The first-order valence-electron chi connectivity index (χ1n) is 4.23. The highest BCUT2D eigenvalue weighted by atomic mass is 14.3. The van der Waals surface area contributed by atoms with Gasteiger partial charge in [0.15, 0.2) is 0 Å². The monoisotopic (exact) mass is 192 g/mol. The maximum absolute atomic E-state index is 8.88. The van der Waals surface area contributed by atoms with Crippen LogP contribution in [-0.2, 0) is 0 Å². The van der Waals surface area contributed by atoms with Crippen LogP contribution in [0, 0.1) is 22.7 Å². The Morgan fingerprint density at radius 2 is 1.67 bits per heavy atom. The van der Waals surface area contributed by atoms with Gasteiger partial charge in [-0.1, -0.05) is 19.2 Å². The van der Waals surface area contributed by atoms with E-state index in [0.717, 1.165) is 0 Å². The number of benzene rings is 1. The second kappa shape index (κ2) is 4.63. The van der Waals surface area contributed by atoms with Gasteiger partial charge in [0.25, 0.3) is 0 Å². The van der Waals surface area contributed by atoms with Gasteiger partial charge < -0.3 is 0 Å². The zero-order valence-electron chi connectivity index (χ0n) is 8.12. The quantitative estimate of drug-likeness (QED) is 0.676. The Morgan fingerprint density at radius 3 is 2.13 bits per heavy atom. The molecular formula is C13H8N2. The number of hydrogen-bond acceptors (Lipinski definition) is 2. The highest BCUT2D eigenvalue weighted by Gasteiger charge is 2.05. The van der Waals surface area contributed by atoms with E-state index in [-0.39, 0.29) is 0 Å². The van der Waals surface area contributed by atoms with Gasteiger partial charge in [0.1, 0.15) is 0 Å². The van der Waals surface area contributed by atoms with Crippen molar-refractivity contribution in [1.82, 2.24) is 0 Å². The largest absolute Gasteiger partial charge is 0.192 e. The van der Waals surface area contributed by atoms with Crippen molar-refractivity contribution in [2.24, 2.45) is 0 Å². The van der Waals surface area contributed by atoms with Crippen molar-refractivity contribution in [3.8, 4) is 12.1 Å². The summed E-state index contributed by atoms with van der Waals surface area (Å²) in [6, 6.07) is 7.31. The molecule has 0 saturated carbocycles. The molecule has 0 heterocycles. The van der Waals surface area contributed by atoms with Gasteiger partial charge in [0.05, 0.1) is 23.3 Å². The number of hydrogen-bond donors (Lipinski definition) is 0. The van der Waals surface area contributed by atoms with E-state index in [1.807, 2.05) is 12.1 Å². The molecule has 1 rings (SSSR count). The minimum Gasteiger partial charge on any atom is -0.192 e. The highest BCUT2D eigenvalue weighted by Crippen LogP contribution is 2.18. The molecule has 0 saturated heterocycles. The van der Waals surface area contributed by atoms with E-state index in [0.29, 0.717) is 22.3 Å². The van der Waals surface area contributed by atoms with Crippen LogP contribution in [0.5, 0.6) is 0 Å². The second-order valence-corrected chi connectivity index (χ2v) is 2.80. The van der Waals surface area contributed by atoms with Gasteiger partial charge in [-0.25, -0.2) is 0 Å². The molecule has 0 N–H and O–H groups in total. The minimum absolute atomic E-state index is 0.438. The van der Waals surface area contributed by atoms with E-state index in [2.05, 4.69) is 18.9 Å². The van der Waals surface area contributed by atoms with E-state index in [1.165, 1.54) is 0 Å². The fourth-order valence-corrected chi connectivity index (χ4v) is 1.23. The van der Waals surface area contributed by atoms with E-state index >= 15 is 0 Å². The van der Waals surface area contributed by atoms with Crippen LogP contribution < -0.4 is 0 Å². The third kappa shape index (κ3) is 2.03. The van der Waals surface area contributed by atoms with Crippen LogP contribution in [-0.4, -0.2) is 0 Å². The predicted molar refractivity (Wildman–Crippen MR) is 59.6 cm³/mol. The Kier molecular flexibility index (Phi) is 3.25. The Bertz CT molecular complexity index is 533. The van der Waals surface area contributed by atoms with Crippen molar-refractivity contribution in [2.45, 2.75) is 0 Å². The maximum Gasteiger partial charge on any atom is 0.0998 e. The summed E-state index contributed by atoms with van der Waals surface area (Å²) < 4.78 is 0. The summed E-state index contributed by atoms with van der Waals surface area (Å²) in [4.78, 5) is 0. The second-order valence-electron chi connectivity index (χ2n) is 2.80. The van der Waals surface area contributed by atoms with Gasteiger partial charge in [0, 0.05) is 5.56 Å². The molecule has 0 aliphatic rings. The molecular weight excluding hydrogens is 184 g/mol. The fraction of sp³-hybridized carbons (Fsp3) is 0. The number of nitrogens with zero attached hydrogens (tertiary/aromatic N) is 2. The van der Waals surface area contributed by atoms with Crippen LogP contribution in [0.3, 0.4) is 0 Å². The zero-order chi connectivity index (χ0) is 11.3. The average molecular weight is 192 g/mol. The molecule has 0 bridgehead atoms. The number of rotatable bonds is 2. The SMILES string of the molecule is C=C=Cc1cc(C=C)c(C#N)cc1C#N. The lowest BCUT2D eigenvalue weighted by molar-refractivity contribution is 1.42. The molecule has 1 aromatic rings. The molecule has 0 fully saturated rings. The molecule has 2 heteroatoms. The van der Waals surface area contributed by atoms with Gasteiger partial charge in [0.2, 0.25) is 0 Å². The molecule has 0 unspecified atom stereocenters. The number of nitriles is 2. The highest BCUT2D eigenvalue weighted by molar-refractivity contribution is 5.67. The standard InChI is InChI=1S/C13H8N2/c1-3-5-11-6-10(4-2)12(8-14)7-13(11)9-15/h4-7H,1-2H2. The molecule has 2 nitrogen and oxygen atoms in total. The van der Waals surface area contributed by atoms with Gasteiger partial charge in [-0.3, -0.25) is 0 Å². The Labute approximate surface area is 88.7 Å². The smallest absolute Gasteiger partial charge is 0.0998 e. The maximum atomic E-state index is 8.88. The predicted octanol–water partition coefficient (Wildman–Crippen LogP) is 2.87. The third-order valence-corrected chi connectivity index (χ3v) is 1.94. The molecule has 0 aliphatic heterocycles. The van der Waals surface area contributed by atoms with E-state index in [4.69, 9.17) is 10.5 Å². The topological polar surface area (TPSA) is 47.6 Å². The first-order chi connectivity index (χ1) is 7.26. The minimum atomic E-state index is 0.438. The van der Waals surface area contributed by atoms with Gasteiger partial charge >= 0.3 is 0 Å². The molecule has 0 aromatic heterocycles. The lowest BCUT2D eigenvalue weighted by atomic mass is 9.99. The molecule has 1 aromatic carbocycles. The van der Waals surface area contributed by atoms with Gasteiger partial charge in [-0.15, -0.1) is 5.73 Å². The van der Waals surface area contributed by atoms with Crippen LogP contribution in [0.4, 0.5) is 0 Å². The molecule has 15 heavy (non-hydrogen) atoms. The van der Waals surface area contributed by atoms with Crippen molar-refractivity contribution in [3.63, 3.8) is 0 Å². The van der Waals surface area contributed by atoms with E-state index in [9.17, 15) is 0 Å². The van der Waals surface area contributed by atoms with Crippen molar-refractivity contribution < 1.29 is 0 Å². The summed E-state index contributed by atoms with van der Waals surface area (Å²) in [6.07, 6.45) is 3.19. The van der Waals surface area contributed by atoms with Gasteiger partial charge in [-0.2, -0.15) is 10.5 Å². The zero-order valence-corrected chi connectivity index (χ0v) is 8.12. The lowest BCUT2D eigenvalue weighted by Gasteiger charge is -2.02. The summed E-state index contributed by atoms with van der Waals surface area (Å²) >= 11 is 0. The Balaban J connectivity index is 3.57. The summed E-state index contributed by atoms with van der Waals surface area (Å²) in [5, 5.41) is 17.7. The first-order valence-corrected chi connectivity index (χ1v) is 4.23. The fourth-order valence-electron chi connectivity index (χ4n) is 1.23. The molecule has 0 atom stereocenters. The summed E-state index contributed by atoms with van der Waals surface area (Å²) in [5.74, 6) is 0. The Hall–Kier alpha value is -2.54. The summed E-state index contributed by atoms with van der Waals surface area (Å²) in [5.41, 5.74) is 4.89. The van der Waals surface area contributed by atoms with Crippen LogP contribution >= 0.6 is 0 Å². The van der Waals surface area contributed by atoms with Crippen molar-refractivity contribution in [3.05, 3.63) is 53.3 Å². The van der Waals surface area contributed by atoms with E-state index in [1.54, 1.807) is 24.3 Å². The molecule has 0 radical (unpaired) electrons. The van der Waals surface area contributed by atoms with Crippen molar-refractivity contribution >= 4 is 12.2 Å². The lowest BCUT2D eigenvalue weighted by Crippen LogP contribution is -1.89. The van der Waals surface area contributed by atoms with E-state index < -0.39 is 0 Å². The van der Waals surface area contributed by atoms with Crippen molar-refractivity contribution in [2.75, 3.05) is 0 Å². The molecule has 0 amide bonds. The van der Waals surface area contributed by atoms with Crippen LogP contribution in [0.1, 0.15) is 22.3 Å². The molecule has 0 spiro atoms. The van der Waals surface area contributed by atoms with Crippen LogP contribution in [0.15, 0.2) is 31.0 Å². The first kappa shape index (κ1) is 10.5. The van der Waals surface area contributed by atoms with Crippen LogP contribution in [0.2, 0.25) is 0 Å². The Morgan fingerprint density at radius 1 is 1.07 bits per heavy atom. The summed E-state index contributed by atoms with van der Waals surface area (Å²) in [7, 11) is 0. The van der Waals surface area contributed by atoms with Crippen molar-refractivity contribution in [1.29, 1.82) is 10.5 Å².